The van der Waals surface area contributed by atoms with Crippen molar-refractivity contribution < 1.29 is 4.74 Å². The van der Waals surface area contributed by atoms with Crippen molar-refractivity contribution in [2.75, 3.05) is 11.1 Å². The standard InChI is InChI=1S/C13H17N5O/c1-8(2)19-13-17-11(14)16-12(18-13)15-10-6-4-5-9(3)7-10/h4-8H,1-3H3,(H3,14,15,16,17,18). The summed E-state index contributed by atoms with van der Waals surface area (Å²) in [4.78, 5) is 12.1. The van der Waals surface area contributed by atoms with Crippen LogP contribution < -0.4 is 15.8 Å². The van der Waals surface area contributed by atoms with Crippen LogP contribution in [0.1, 0.15) is 19.4 Å². The number of hydrogen-bond acceptors (Lipinski definition) is 6. The predicted molar refractivity (Wildman–Crippen MR) is 74.5 cm³/mol. The molecule has 0 atom stereocenters. The van der Waals surface area contributed by atoms with E-state index < -0.39 is 0 Å². The summed E-state index contributed by atoms with van der Waals surface area (Å²) in [5, 5.41) is 3.08. The van der Waals surface area contributed by atoms with Gasteiger partial charge >= 0.3 is 6.01 Å². The zero-order valence-corrected chi connectivity index (χ0v) is 11.2. The van der Waals surface area contributed by atoms with Crippen molar-refractivity contribution in [3.8, 4) is 6.01 Å². The third-order valence-electron chi connectivity index (χ3n) is 2.25. The van der Waals surface area contributed by atoms with Gasteiger partial charge in [-0.3, -0.25) is 0 Å². The van der Waals surface area contributed by atoms with E-state index in [-0.39, 0.29) is 18.1 Å². The van der Waals surface area contributed by atoms with Crippen LogP contribution in [0.3, 0.4) is 0 Å². The lowest BCUT2D eigenvalue weighted by atomic mass is 10.2. The van der Waals surface area contributed by atoms with E-state index in [1.807, 2.05) is 45.0 Å². The van der Waals surface area contributed by atoms with Crippen molar-refractivity contribution in [3.05, 3.63) is 29.8 Å². The number of nitrogens with zero attached hydrogens (tertiary/aromatic N) is 3. The van der Waals surface area contributed by atoms with E-state index >= 15 is 0 Å². The minimum Gasteiger partial charge on any atom is -0.461 e. The van der Waals surface area contributed by atoms with Gasteiger partial charge < -0.3 is 15.8 Å². The molecule has 0 bridgehead atoms. The third kappa shape index (κ3) is 3.80. The highest BCUT2D eigenvalue weighted by atomic mass is 16.5. The lowest BCUT2D eigenvalue weighted by molar-refractivity contribution is 0.222. The number of aromatic nitrogens is 3. The molecule has 3 N–H and O–H groups in total. The number of nitrogens with one attached hydrogen (secondary N) is 1. The first-order chi connectivity index (χ1) is 9.02. The van der Waals surface area contributed by atoms with E-state index in [1.54, 1.807) is 0 Å². The summed E-state index contributed by atoms with van der Waals surface area (Å²) in [6, 6.07) is 8.10. The maximum atomic E-state index is 5.64. The maximum Gasteiger partial charge on any atom is 0.323 e. The number of ether oxygens (including phenoxy) is 1. The number of rotatable bonds is 4. The number of aryl methyl sites for hydroxylation is 1. The van der Waals surface area contributed by atoms with Crippen molar-refractivity contribution in [1.82, 2.24) is 15.0 Å². The molecule has 0 saturated carbocycles. The normalized spacial score (nSPS) is 10.5. The Morgan fingerprint density at radius 1 is 1.21 bits per heavy atom. The molecule has 0 aliphatic rings. The van der Waals surface area contributed by atoms with Gasteiger partial charge in [-0.1, -0.05) is 12.1 Å². The van der Waals surface area contributed by atoms with Crippen LogP contribution in [0.4, 0.5) is 17.6 Å². The quantitative estimate of drug-likeness (QED) is 0.876. The number of nitrogens with two attached hydrogens (primary N) is 1. The zero-order chi connectivity index (χ0) is 13.8. The summed E-state index contributed by atoms with van der Waals surface area (Å²) in [5.74, 6) is 0.495. The monoisotopic (exact) mass is 259 g/mol. The highest BCUT2D eigenvalue weighted by Gasteiger charge is 2.07. The molecule has 0 fully saturated rings. The first-order valence-electron chi connectivity index (χ1n) is 6.05. The average molecular weight is 259 g/mol. The van der Waals surface area contributed by atoms with E-state index in [0.717, 1.165) is 11.3 Å². The van der Waals surface area contributed by atoms with E-state index in [4.69, 9.17) is 10.5 Å². The van der Waals surface area contributed by atoms with Gasteiger partial charge in [0, 0.05) is 5.69 Å². The molecular weight excluding hydrogens is 242 g/mol. The van der Waals surface area contributed by atoms with Crippen molar-refractivity contribution in [2.45, 2.75) is 26.9 Å². The SMILES string of the molecule is Cc1cccc(Nc2nc(N)nc(OC(C)C)n2)c1. The fourth-order valence-corrected chi connectivity index (χ4v) is 1.54. The van der Waals surface area contributed by atoms with Crippen LogP contribution in [-0.2, 0) is 0 Å². The molecule has 1 aromatic heterocycles. The maximum absolute atomic E-state index is 5.64. The van der Waals surface area contributed by atoms with Gasteiger partial charge in [0.2, 0.25) is 11.9 Å². The second-order valence-corrected chi connectivity index (χ2v) is 4.46. The lowest BCUT2D eigenvalue weighted by Crippen LogP contribution is -2.11. The first kappa shape index (κ1) is 13.1. The molecule has 6 heteroatoms. The summed E-state index contributed by atoms with van der Waals surface area (Å²) in [5.41, 5.74) is 7.67. The molecule has 1 aromatic carbocycles. The summed E-state index contributed by atoms with van der Waals surface area (Å²) in [6.45, 7) is 5.81. The van der Waals surface area contributed by atoms with Crippen LogP contribution in [0.5, 0.6) is 6.01 Å². The zero-order valence-electron chi connectivity index (χ0n) is 11.2. The van der Waals surface area contributed by atoms with E-state index in [0.29, 0.717) is 5.95 Å². The van der Waals surface area contributed by atoms with Crippen LogP contribution in [-0.4, -0.2) is 21.1 Å². The second-order valence-electron chi connectivity index (χ2n) is 4.46. The van der Waals surface area contributed by atoms with Gasteiger partial charge in [0.1, 0.15) is 0 Å². The molecule has 0 spiro atoms. The molecule has 0 saturated heterocycles. The van der Waals surface area contributed by atoms with Gasteiger partial charge in [-0.25, -0.2) is 0 Å². The molecule has 0 aliphatic carbocycles. The smallest absolute Gasteiger partial charge is 0.323 e. The molecule has 2 aromatic rings. The highest BCUT2D eigenvalue weighted by molar-refractivity contribution is 5.55. The van der Waals surface area contributed by atoms with Crippen molar-refractivity contribution >= 4 is 17.6 Å². The molecule has 0 aliphatic heterocycles. The predicted octanol–water partition coefficient (Wildman–Crippen LogP) is 2.29. The molecule has 0 unspecified atom stereocenters. The van der Waals surface area contributed by atoms with Crippen LogP contribution in [0.15, 0.2) is 24.3 Å². The van der Waals surface area contributed by atoms with Gasteiger partial charge in [0.15, 0.2) is 0 Å². The van der Waals surface area contributed by atoms with Gasteiger partial charge in [0.25, 0.3) is 0 Å². The van der Waals surface area contributed by atoms with Crippen LogP contribution in [0.2, 0.25) is 0 Å². The number of anilines is 3. The van der Waals surface area contributed by atoms with Gasteiger partial charge in [0.05, 0.1) is 6.10 Å². The second kappa shape index (κ2) is 5.51. The topological polar surface area (TPSA) is 86.0 Å². The molecule has 0 radical (unpaired) electrons. The molecule has 6 nitrogen and oxygen atoms in total. The molecule has 0 amide bonds. The Labute approximate surface area is 112 Å². The first-order valence-corrected chi connectivity index (χ1v) is 6.05. The summed E-state index contributed by atoms with van der Waals surface area (Å²) in [7, 11) is 0. The number of nitrogen functional groups attached to an aromatic ring is 1. The van der Waals surface area contributed by atoms with Crippen LogP contribution >= 0.6 is 0 Å². The minimum absolute atomic E-state index is 0.0198. The fraction of sp³-hybridized carbons (Fsp3) is 0.308. The van der Waals surface area contributed by atoms with Crippen molar-refractivity contribution in [3.63, 3.8) is 0 Å². The Hall–Kier alpha value is -2.37. The molecular formula is C13H17N5O. The Morgan fingerprint density at radius 2 is 2.00 bits per heavy atom. The largest absolute Gasteiger partial charge is 0.461 e. The lowest BCUT2D eigenvalue weighted by Gasteiger charge is -2.10. The molecule has 1 heterocycles. The number of hydrogen-bond donors (Lipinski definition) is 2. The van der Waals surface area contributed by atoms with Crippen LogP contribution in [0, 0.1) is 6.92 Å². The molecule has 2 rings (SSSR count). The average Bonchev–Trinajstić information content (AvgIpc) is 2.26. The van der Waals surface area contributed by atoms with E-state index in [1.165, 1.54) is 0 Å². The fourth-order valence-electron chi connectivity index (χ4n) is 1.54. The molecule has 100 valence electrons. The Bertz CT molecular complexity index is 571. The Morgan fingerprint density at radius 3 is 2.68 bits per heavy atom. The number of benzene rings is 1. The van der Waals surface area contributed by atoms with Crippen molar-refractivity contribution in [1.29, 1.82) is 0 Å². The Balaban J connectivity index is 2.22. The highest BCUT2D eigenvalue weighted by Crippen LogP contribution is 2.17. The van der Waals surface area contributed by atoms with E-state index in [9.17, 15) is 0 Å². The van der Waals surface area contributed by atoms with Crippen LogP contribution in [0.25, 0.3) is 0 Å². The third-order valence-corrected chi connectivity index (χ3v) is 2.25. The summed E-state index contributed by atoms with van der Waals surface area (Å²) >= 11 is 0. The van der Waals surface area contributed by atoms with Gasteiger partial charge in [-0.15, -0.1) is 0 Å². The van der Waals surface area contributed by atoms with Gasteiger partial charge in [-0.2, -0.15) is 15.0 Å². The van der Waals surface area contributed by atoms with Crippen molar-refractivity contribution in [2.24, 2.45) is 0 Å². The minimum atomic E-state index is -0.0198. The summed E-state index contributed by atoms with van der Waals surface area (Å²) in [6.07, 6.45) is -0.0198. The molecule has 19 heavy (non-hydrogen) atoms. The van der Waals surface area contributed by atoms with E-state index in [2.05, 4.69) is 20.3 Å². The van der Waals surface area contributed by atoms with Gasteiger partial charge in [-0.05, 0) is 38.5 Å². The summed E-state index contributed by atoms with van der Waals surface area (Å²) < 4.78 is 5.41. The Kier molecular flexibility index (Phi) is 3.79.